The van der Waals surface area contributed by atoms with Gasteiger partial charge in [0.25, 0.3) is 5.95 Å². The predicted molar refractivity (Wildman–Crippen MR) is 93.0 cm³/mol. The Hall–Kier alpha value is -1.84. The summed E-state index contributed by atoms with van der Waals surface area (Å²) in [4.78, 5) is 2.97. The van der Waals surface area contributed by atoms with Crippen LogP contribution in [-0.2, 0) is 12.8 Å². The van der Waals surface area contributed by atoms with Crippen LogP contribution in [0.5, 0.6) is 0 Å². The zero-order chi connectivity index (χ0) is 17.8. The molecule has 1 saturated carbocycles. The van der Waals surface area contributed by atoms with Crippen molar-refractivity contribution in [2.24, 2.45) is 5.92 Å². The van der Waals surface area contributed by atoms with Gasteiger partial charge >= 0.3 is 0 Å². The molecule has 0 amide bonds. The van der Waals surface area contributed by atoms with Gasteiger partial charge < -0.3 is 0 Å². The highest BCUT2D eigenvalue weighted by molar-refractivity contribution is 5.27. The van der Waals surface area contributed by atoms with Crippen LogP contribution in [0.25, 0.3) is 0 Å². The van der Waals surface area contributed by atoms with Crippen LogP contribution in [-0.4, -0.2) is 4.98 Å². The first kappa shape index (κ1) is 18.0. The van der Waals surface area contributed by atoms with Crippen molar-refractivity contribution in [1.29, 1.82) is 0 Å². The smallest absolute Gasteiger partial charge is 0.202 e. The van der Waals surface area contributed by atoms with Gasteiger partial charge in [0.2, 0.25) is 5.95 Å². The lowest BCUT2D eigenvalue weighted by Crippen LogP contribution is -2.12. The Morgan fingerprint density at radius 3 is 2.24 bits per heavy atom. The SMILES string of the molecule is CCC1CCC(c2ccc(CCc3cc(F)c(F)nc3F)cc2)CC1. The number of pyridine rings is 1. The number of aromatic nitrogens is 1. The third-order valence-corrected chi connectivity index (χ3v) is 5.52. The first-order chi connectivity index (χ1) is 12.1. The van der Waals surface area contributed by atoms with Gasteiger partial charge in [-0.2, -0.15) is 13.8 Å². The molecular weight excluding hydrogens is 323 g/mol. The maximum absolute atomic E-state index is 13.6. The van der Waals surface area contributed by atoms with Crippen LogP contribution in [0.4, 0.5) is 13.2 Å². The fourth-order valence-electron chi connectivity index (χ4n) is 3.80. The van der Waals surface area contributed by atoms with Crippen LogP contribution < -0.4 is 0 Å². The zero-order valence-electron chi connectivity index (χ0n) is 14.6. The Morgan fingerprint density at radius 1 is 0.920 bits per heavy atom. The molecule has 0 bridgehead atoms. The van der Waals surface area contributed by atoms with E-state index in [1.54, 1.807) is 0 Å². The molecule has 1 aliphatic rings. The lowest BCUT2D eigenvalue weighted by molar-refractivity contribution is 0.319. The molecule has 3 rings (SSSR count). The molecule has 2 aromatic rings. The first-order valence-corrected chi connectivity index (χ1v) is 9.16. The Bertz CT molecular complexity index is 704. The van der Waals surface area contributed by atoms with E-state index in [1.807, 2.05) is 0 Å². The summed E-state index contributed by atoms with van der Waals surface area (Å²) in [6.07, 6.45) is 7.29. The van der Waals surface area contributed by atoms with Crippen molar-refractivity contribution in [2.45, 2.75) is 57.8 Å². The monoisotopic (exact) mass is 347 g/mol. The highest BCUT2D eigenvalue weighted by Gasteiger charge is 2.21. The van der Waals surface area contributed by atoms with E-state index in [0.717, 1.165) is 17.5 Å². The minimum absolute atomic E-state index is 0.112. The molecule has 1 aromatic heterocycles. The van der Waals surface area contributed by atoms with Gasteiger partial charge in [0.1, 0.15) is 0 Å². The van der Waals surface area contributed by atoms with Crippen molar-refractivity contribution in [3.8, 4) is 0 Å². The van der Waals surface area contributed by atoms with E-state index < -0.39 is 17.7 Å². The van der Waals surface area contributed by atoms with Crippen molar-refractivity contribution in [3.63, 3.8) is 0 Å². The summed E-state index contributed by atoms with van der Waals surface area (Å²) in [6.45, 7) is 2.27. The average molecular weight is 347 g/mol. The molecule has 1 aromatic carbocycles. The highest BCUT2D eigenvalue weighted by Crippen LogP contribution is 2.36. The second-order valence-corrected chi connectivity index (χ2v) is 7.08. The number of hydrogen-bond acceptors (Lipinski definition) is 1. The van der Waals surface area contributed by atoms with Gasteiger partial charge in [-0.25, -0.2) is 4.39 Å². The average Bonchev–Trinajstić information content (AvgIpc) is 2.64. The molecule has 25 heavy (non-hydrogen) atoms. The van der Waals surface area contributed by atoms with Gasteiger partial charge in [0, 0.05) is 5.56 Å². The van der Waals surface area contributed by atoms with Crippen LogP contribution in [0, 0.1) is 23.6 Å². The van der Waals surface area contributed by atoms with Crippen molar-refractivity contribution < 1.29 is 13.2 Å². The van der Waals surface area contributed by atoms with E-state index in [2.05, 4.69) is 36.2 Å². The van der Waals surface area contributed by atoms with E-state index in [1.165, 1.54) is 37.7 Å². The second kappa shape index (κ2) is 8.03. The number of halogens is 3. The molecular formula is C21H24F3N. The maximum atomic E-state index is 13.6. The number of hydrogen-bond donors (Lipinski definition) is 0. The van der Waals surface area contributed by atoms with Crippen molar-refractivity contribution >= 4 is 0 Å². The van der Waals surface area contributed by atoms with Crippen molar-refractivity contribution in [3.05, 3.63) is 64.7 Å². The second-order valence-electron chi connectivity index (χ2n) is 7.08. The normalized spacial score (nSPS) is 20.6. The van der Waals surface area contributed by atoms with Crippen LogP contribution in [0.15, 0.2) is 30.3 Å². The minimum Gasteiger partial charge on any atom is -0.202 e. The Kier molecular flexibility index (Phi) is 5.77. The van der Waals surface area contributed by atoms with Crippen molar-refractivity contribution in [2.75, 3.05) is 0 Å². The molecule has 1 heterocycles. The van der Waals surface area contributed by atoms with Gasteiger partial charge in [0.05, 0.1) is 0 Å². The van der Waals surface area contributed by atoms with Crippen LogP contribution in [0.1, 0.15) is 61.6 Å². The summed E-state index contributed by atoms with van der Waals surface area (Å²) in [5.74, 6) is -1.89. The Labute approximate surface area is 147 Å². The standard InChI is InChI=1S/C21H24F3N/c1-2-14-3-8-16(9-4-14)17-10-5-15(6-11-17)7-12-18-13-19(22)21(24)25-20(18)23/h5-6,10-11,13-14,16H,2-4,7-9,12H2,1H3. The van der Waals surface area contributed by atoms with Crippen LogP contribution in [0.2, 0.25) is 0 Å². The van der Waals surface area contributed by atoms with E-state index in [4.69, 9.17) is 0 Å². The summed E-state index contributed by atoms with van der Waals surface area (Å²) < 4.78 is 39.6. The summed E-state index contributed by atoms with van der Waals surface area (Å²) in [5.41, 5.74) is 2.55. The molecule has 0 aliphatic heterocycles. The first-order valence-electron chi connectivity index (χ1n) is 9.16. The molecule has 134 valence electrons. The summed E-state index contributed by atoms with van der Waals surface area (Å²) >= 11 is 0. The maximum Gasteiger partial charge on any atom is 0.251 e. The lowest BCUT2D eigenvalue weighted by atomic mass is 9.78. The number of benzene rings is 1. The molecule has 0 saturated heterocycles. The molecule has 0 atom stereocenters. The molecule has 0 radical (unpaired) electrons. The number of nitrogens with zero attached hydrogens (tertiary/aromatic N) is 1. The molecule has 1 nitrogen and oxygen atoms in total. The van der Waals surface area contributed by atoms with Gasteiger partial charge in [-0.05, 0) is 67.6 Å². The van der Waals surface area contributed by atoms with E-state index in [-0.39, 0.29) is 5.56 Å². The van der Waals surface area contributed by atoms with Gasteiger partial charge in [-0.15, -0.1) is 0 Å². The molecule has 0 spiro atoms. The number of aryl methyl sites for hydroxylation is 2. The Morgan fingerprint density at radius 2 is 1.60 bits per heavy atom. The van der Waals surface area contributed by atoms with E-state index in [9.17, 15) is 13.2 Å². The fraction of sp³-hybridized carbons (Fsp3) is 0.476. The van der Waals surface area contributed by atoms with Gasteiger partial charge in [-0.3, -0.25) is 0 Å². The third kappa shape index (κ3) is 4.42. The highest BCUT2D eigenvalue weighted by atomic mass is 19.2. The summed E-state index contributed by atoms with van der Waals surface area (Å²) in [7, 11) is 0. The molecule has 1 aliphatic carbocycles. The zero-order valence-corrected chi connectivity index (χ0v) is 14.6. The van der Waals surface area contributed by atoms with Gasteiger partial charge in [0.15, 0.2) is 5.82 Å². The molecule has 0 unspecified atom stereocenters. The summed E-state index contributed by atoms with van der Waals surface area (Å²) in [6, 6.07) is 9.34. The Balaban J connectivity index is 1.59. The fourth-order valence-corrected chi connectivity index (χ4v) is 3.80. The number of rotatable bonds is 5. The van der Waals surface area contributed by atoms with Crippen LogP contribution in [0.3, 0.4) is 0 Å². The third-order valence-electron chi connectivity index (χ3n) is 5.52. The quantitative estimate of drug-likeness (QED) is 0.607. The van der Waals surface area contributed by atoms with Gasteiger partial charge in [-0.1, -0.05) is 37.6 Å². The van der Waals surface area contributed by atoms with Crippen molar-refractivity contribution in [1.82, 2.24) is 4.98 Å². The van der Waals surface area contributed by atoms with E-state index in [0.29, 0.717) is 18.8 Å². The molecule has 0 N–H and O–H groups in total. The minimum atomic E-state index is -1.39. The predicted octanol–water partition coefficient (Wildman–Crippen LogP) is 5.97. The molecule has 4 heteroatoms. The topological polar surface area (TPSA) is 12.9 Å². The summed E-state index contributed by atoms with van der Waals surface area (Å²) in [5, 5.41) is 0. The van der Waals surface area contributed by atoms with E-state index >= 15 is 0 Å². The molecule has 1 fully saturated rings. The lowest BCUT2D eigenvalue weighted by Gasteiger charge is -2.28. The van der Waals surface area contributed by atoms with Crippen LogP contribution >= 0.6 is 0 Å². The largest absolute Gasteiger partial charge is 0.251 e.